The number of likely N-dealkylation sites (tertiary alicyclic amines) is 1. The molecule has 0 bridgehead atoms. The van der Waals surface area contributed by atoms with Crippen LogP contribution in [0.1, 0.15) is 35.6 Å². The van der Waals surface area contributed by atoms with E-state index in [1.54, 1.807) is 17.9 Å². The van der Waals surface area contributed by atoms with Crippen molar-refractivity contribution < 1.29 is 19.1 Å². The number of rotatable bonds is 4. The number of carboxylic acids is 1. The van der Waals surface area contributed by atoms with E-state index in [9.17, 15) is 19.1 Å². The molecule has 1 aromatic carbocycles. The summed E-state index contributed by atoms with van der Waals surface area (Å²) in [7, 11) is 0. The second-order valence-electron chi connectivity index (χ2n) is 6.08. The zero-order valence-corrected chi connectivity index (χ0v) is 14.1. The number of benzene rings is 1. The Morgan fingerprint density at radius 3 is 2.83 bits per heavy atom. The van der Waals surface area contributed by atoms with Crippen LogP contribution in [0, 0.1) is 18.7 Å². The van der Waals surface area contributed by atoms with Crippen LogP contribution >= 0.6 is 11.3 Å². The van der Waals surface area contributed by atoms with Crippen molar-refractivity contribution in [3.8, 4) is 0 Å². The number of aliphatic carboxylic acids is 1. The van der Waals surface area contributed by atoms with Crippen LogP contribution in [-0.2, 0) is 16.1 Å². The number of amides is 1. The molecule has 0 aliphatic carbocycles. The monoisotopic (exact) mass is 347 g/mol. The second-order valence-corrected chi connectivity index (χ2v) is 6.86. The van der Waals surface area contributed by atoms with E-state index in [0.717, 1.165) is 5.56 Å². The molecule has 0 saturated carbocycles. The van der Waals surface area contributed by atoms with Crippen molar-refractivity contribution >= 4 is 23.2 Å². The Labute approximate surface area is 143 Å². The molecule has 1 amide bonds. The maximum absolute atomic E-state index is 13.5. The van der Waals surface area contributed by atoms with E-state index in [2.05, 4.69) is 0 Å². The molecule has 0 radical (unpaired) electrons. The molecule has 6 heteroatoms. The first-order chi connectivity index (χ1) is 11.5. The second kappa shape index (κ2) is 6.73. The Morgan fingerprint density at radius 1 is 1.42 bits per heavy atom. The van der Waals surface area contributed by atoms with Crippen molar-refractivity contribution in [1.29, 1.82) is 0 Å². The van der Waals surface area contributed by atoms with Gasteiger partial charge in [0.25, 0.3) is 0 Å². The predicted molar refractivity (Wildman–Crippen MR) is 89.1 cm³/mol. The lowest BCUT2D eigenvalue weighted by Crippen LogP contribution is -2.45. The summed E-state index contributed by atoms with van der Waals surface area (Å²) < 4.78 is 13.5. The summed E-state index contributed by atoms with van der Waals surface area (Å²) in [5.74, 6) is -2.04. The van der Waals surface area contributed by atoms with Crippen molar-refractivity contribution in [1.82, 2.24) is 4.90 Å². The summed E-state index contributed by atoms with van der Waals surface area (Å²) >= 11 is 1.53. The number of piperidine rings is 1. The van der Waals surface area contributed by atoms with Crippen LogP contribution in [-0.4, -0.2) is 21.9 Å². The fourth-order valence-electron chi connectivity index (χ4n) is 3.33. The largest absolute Gasteiger partial charge is 0.481 e. The van der Waals surface area contributed by atoms with Gasteiger partial charge >= 0.3 is 5.97 Å². The van der Waals surface area contributed by atoms with Crippen molar-refractivity contribution in [2.24, 2.45) is 5.92 Å². The van der Waals surface area contributed by atoms with Gasteiger partial charge in [-0.05, 0) is 59.0 Å². The summed E-state index contributed by atoms with van der Waals surface area (Å²) in [6.07, 6.45) is 0.521. The number of halogens is 1. The average Bonchev–Trinajstić information content (AvgIpc) is 3.02. The molecule has 1 N–H and O–H groups in total. The van der Waals surface area contributed by atoms with Crippen LogP contribution in [0.15, 0.2) is 35.0 Å². The van der Waals surface area contributed by atoms with Crippen LogP contribution in [0.4, 0.5) is 4.39 Å². The van der Waals surface area contributed by atoms with Gasteiger partial charge in [0, 0.05) is 13.0 Å². The summed E-state index contributed by atoms with van der Waals surface area (Å²) in [4.78, 5) is 25.9. The molecule has 24 heavy (non-hydrogen) atoms. The zero-order chi connectivity index (χ0) is 17.3. The minimum Gasteiger partial charge on any atom is -0.481 e. The number of hydrogen-bond acceptors (Lipinski definition) is 3. The van der Waals surface area contributed by atoms with Crippen molar-refractivity contribution in [3.63, 3.8) is 0 Å². The normalized spacial score (nSPS) is 21.1. The average molecular weight is 347 g/mol. The van der Waals surface area contributed by atoms with Gasteiger partial charge in [0.2, 0.25) is 5.91 Å². The maximum atomic E-state index is 13.5. The molecule has 3 rings (SSSR count). The summed E-state index contributed by atoms with van der Waals surface area (Å²) in [6, 6.07) is 5.66. The van der Waals surface area contributed by atoms with Crippen LogP contribution < -0.4 is 0 Å². The van der Waals surface area contributed by atoms with Crippen molar-refractivity contribution in [2.45, 2.75) is 32.4 Å². The third kappa shape index (κ3) is 3.19. The molecular formula is C18H18FNO3S. The Morgan fingerprint density at radius 2 is 2.21 bits per heavy atom. The molecular weight excluding hydrogens is 329 g/mol. The molecule has 0 unspecified atom stereocenters. The minimum absolute atomic E-state index is 0.0626. The highest BCUT2D eigenvalue weighted by Gasteiger charge is 2.41. The molecule has 2 atom stereocenters. The summed E-state index contributed by atoms with van der Waals surface area (Å²) in [5.41, 5.74) is 2.34. The van der Waals surface area contributed by atoms with Gasteiger partial charge in [-0.15, -0.1) is 0 Å². The molecule has 1 saturated heterocycles. The first kappa shape index (κ1) is 16.6. The van der Waals surface area contributed by atoms with E-state index >= 15 is 0 Å². The van der Waals surface area contributed by atoms with Crippen LogP contribution in [0.25, 0.3) is 0 Å². The van der Waals surface area contributed by atoms with Crippen molar-refractivity contribution in [2.75, 3.05) is 0 Å². The Kier molecular flexibility index (Phi) is 4.66. The number of hydrogen-bond donors (Lipinski definition) is 1. The number of carboxylic acid groups (broad SMARTS) is 1. The molecule has 1 aromatic heterocycles. The number of aryl methyl sites for hydroxylation is 1. The summed E-state index contributed by atoms with van der Waals surface area (Å²) in [5, 5.41) is 13.5. The van der Waals surface area contributed by atoms with Gasteiger partial charge in [-0.2, -0.15) is 11.3 Å². The quantitative estimate of drug-likeness (QED) is 0.916. The number of carbonyl (C=O) groups excluding carboxylic acids is 1. The van der Waals surface area contributed by atoms with Gasteiger partial charge in [-0.25, -0.2) is 4.39 Å². The van der Waals surface area contributed by atoms with E-state index in [4.69, 9.17) is 0 Å². The smallest absolute Gasteiger partial charge is 0.308 e. The topological polar surface area (TPSA) is 57.6 Å². The fraction of sp³-hybridized carbons (Fsp3) is 0.333. The molecule has 126 valence electrons. The van der Waals surface area contributed by atoms with Gasteiger partial charge in [-0.3, -0.25) is 9.59 Å². The van der Waals surface area contributed by atoms with Crippen LogP contribution in [0.2, 0.25) is 0 Å². The van der Waals surface area contributed by atoms with E-state index in [1.165, 1.54) is 23.5 Å². The number of nitrogens with zero attached hydrogens (tertiary/aromatic N) is 1. The molecule has 2 heterocycles. The SMILES string of the molecule is Cc1cc(F)ccc1[C@H]1[C@H](C(=O)O)CCC(=O)N1Cc1ccsc1. The maximum Gasteiger partial charge on any atom is 0.308 e. The van der Waals surface area contributed by atoms with Gasteiger partial charge in [0.05, 0.1) is 12.0 Å². The first-order valence-corrected chi connectivity index (χ1v) is 8.71. The minimum atomic E-state index is -0.924. The molecule has 4 nitrogen and oxygen atoms in total. The van der Waals surface area contributed by atoms with E-state index in [1.807, 2.05) is 16.8 Å². The molecule has 1 aliphatic rings. The highest BCUT2D eigenvalue weighted by atomic mass is 32.1. The fourth-order valence-corrected chi connectivity index (χ4v) is 3.99. The Hall–Kier alpha value is -2.21. The lowest BCUT2D eigenvalue weighted by atomic mass is 9.82. The standard InChI is InChI=1S/C18H18FNO3S/c1-11-8-13(19)2-3-14(11)17-15(18(22)23)4-5-16(21)20(17)9-12-6-7-24-10-12/h2-3,6-8,10,15,17H,4-5,9H2,1H3,(H,22,23)/t15-,17+/m1/s1. The third-order valence-electron chi connectivity index (χ3n) is 4.51. The van der Waals surface area contributed by atoms with E-state index in [0.29, 0.717) is 24.1 Å². The highest BCUT2D eigenvalue weighted by Crippen LogP contribution is 2.39. The first-order valence-electron chi connectivity index (χ1n) is 7.77. The Balaban J connectivity index is 2.04. The van der Waals surface area contributed by atoms with Crippen LogP contribution in [0.3, 0.4) is 0 Å². The number of thiophene rings is 1. The molecule has 0 spiro atoms. The zero-order valence-electron chi connectivity index (χ0n) is 13.2. The number of carbonyl (C=O) groups is 2. The van der Waals surface area contributed by atoms with Gasteiger partial charge in [-0.1, -0.05) is 6.07 Å². The third-order valence-corrected chi connectivity index (χ3v) is 5.24. The van der Waals surface area contributed by atoms with E-state index < -0.39 is 17.9 Å². The van der Waals surface area contributed by atoms with Crippen molar-refractivity contribution in [3.05, 3.63) is 57.5 Å². The van der Waals surface area contributed by atoms with E-state index in [-0.39, 0.29) is 18.1 Å². The Bertz CT molecular complexity index is 760. The lowest BCUT2D eigenvalue weighted by Gasteiger charge is -2.40. The molecule has 1 aliphatic heterocycles. The molecule has 2 aromatic rings. The lowest BCUT2D eigenvalue weighted by molar-refractivity contribution is -0.152. The highest BCUT2D eigenvalue weighted by molar-refractivity contribution is 7.07. The van der Waals surface area contributed by atoms with Gasteiger partial charge in [0.15, 0.2) is 0 Å². The van der Waals surface area contributed by atoms with Gasteiger partial charge in [0.1, 0.15) is 5.82 Å². The molecule has 1 fully saturated rings. The van der Waals surface area contributed by atoms with Gasteiger partial charge < -0.3 is 10.0 Å². The van der Waals surface area contributed by atoms with Crippen LogP contribution in [0.5, 0.6) is 0 Å². The predicted octanol–water partition coefficient (Wildman–Crippen LogP) is 3.76. The summed E-state index contributed by atoms with van der Waals surface area (Å²) in [6.45, 7) is 2.12.